The first kappa shape index (κ1) is 15.7. The van der Waals surface area contributed by atoms with Gasteiger partial charge in [-0.05, 0) is 25.1 Å². The van der Waals surface area contributed by atoms with Crippen LogP contribution in [0.1, 0.15) is 12.8 Å². The third kappa shape index (κ3) is 2.99. The molecule has 2 N–H and O–H groups in total. The van der Waals surface area contributed by atoms with Crippen molar-refractivity contribution in [1.82, 2.24) is 14.9 Å². The maximum absolute atomic E-state index is 13.8. The van der Waals surface area contributed by atoms with Gasteiger partial charge < -0.3 is 10.4 Å². The number of benzene rings is 1. The molecule has 0 aliphatic carbocycles. The number of rotatable bonds is 4. The summed E-state index contributed by atoms with van der Waals surface area (Å²) in [6, 6.07) is 1.76. The fourth-order valence-electron chi connectivity index (χ4n) is 2.75. The van der Waals surface area contributed by atoms with Crippen molar-refractivity contribution in [2.75, 3.05) is 6.54 Å². The molecule has 2 atom stereocenters. The van der Waals surface area contributed by atoms with Gasteiger partial charge in [0.05, 0.1) is 24.5 Å². The van der Waals surface area contributed by atoms with E-state index in [1.807, 2.05) is 0 Å². The number of nitrogens with zero attached hydrogens (tertiary/aromatic N) is 2. The molecular formula is C15H15F2N3O3. The van der Waals surface area contributed by atoms with Gasteiger partial charge in [-0.15, -0.1) is 0 Å². The molecule has 2 aromatic rings. The Hall–Kier alpha value is -2.19. The topological polar surface area (TPSA) is 84.2 Å². The number of carbonyl (C=O) groups excluding carboxylic acids is 1. The highest BCUT2D eigenvalue weighted by Gasteiger charge is 2.27. The smallest absolute Gasteiger partial charge is 0.264 e. The van der Waals surface area contributed by atoms with Gasteiger partial charge in [0.1, 0.15) is 5.39 Å². The van der Waals surface area contributed by atoms with E-state index in [4.69, 9.17) is 0 Å². The number of fused-ring (bicyclic) bond motifs is 1. The van der Waals surface area contributed by atoms with Crippen molar-refractivity contribution in [3.8, 4) is 0 Å². The minimum absolute atomic E-state index is 0.0329. The molecule has 0 saturated carbocycles. The second kappa shape index (κ2) is 6.13. The van der Waals surface area contributed by atoms with Gasteiger partial charge in [0.2, 0.25) is 0 Å². The number of nitrogens with one attached hydrogen (secondary N) is 1. The molecule has 0 amide bonds. The second-order valence-corrected chi connectivity index (χ2v) is 5.59. The maximum Gasteiger partial charge on any atom is 0.264 e. The van der Waals surface area contributed by atoms with E-state index in [0.29, 0.717) is 13.0 Å². The van der Waals surface area contributed by atoms with E-state index in [2.05, 4.69) is 10.3 Å². The van der Waals surface area contributed by atoms with E-state index in [-0.39, 0.29) is 30.3 Å². The van der Waals surface area contributed by atoms with Gasteiger partial charge in [-0.25, -0.2) is 13.8 Å². The van der Waals surface area contributed by atoms with Crippen molar-refractivity contribution in [3.63, 3.8) is 0 Å². The Morgan fingerprint density at radius 2 is 2.22 bits per heavy atom. The van der Waals surface area contributed by atoms with Crippen LogP contribution >= 0.6 is 0 Å². The average Bonchev–Trinajstić information content (AvgIpc) is 2.91. The summed E-state index contributed by atoms with van der Waals surface area (Å²) >= 11 is 0. The van der Waals surface area contributed by atoms with Crippen LogP contribution in [-0.4, -0.2) is 39.1 Å². The first-order chi connectivity index (χ1) is 11.0. The molecule has 1 fully saturated rings. The fourth-order valence-corrected chi connectivity index (χ4v) is 2.75. The van der Waals surface area contributed by atoms with Crippen LogP contribution in [0.25, 0.3) is 10.9 Å². The molecule has 23 heavy (non-hydrogen) atoms. The number of hydrogen-bond acceptors (Lipinski definition) is 5. The minimum atomic E-state index is -1.27. The molecule has 2 heterocycles. The molecule has 1 aliphatic rings. The average molecular weight is 323 g/mol. The molecular weight excluding hydrogens is 308 g/mol. The SMILES string of the molecule is O=C(CC1NCCC1O)Cn1cnc2ccc(F)c(F)c2c1=O. The molecule has 6 nitrogen and oxygen atoms in total. The van der Waals surface area contributed by atoms with Crippen molar-refractivity contribution in [3.05, 3.63) is 40.4 Å². The Kier molecular flexibility index (Phi) is 4.18. The molecule has 1 aliphatic heterocycles. The number of Topliss-reactive ketones (excluding diaryl/α,β-unsaturated/α-hetero) is 1. The highest BCUT2D eigenvalue weighted by atomic mass is 19.2. The first-order valence-corrected chi connectivity index (χ1v) is 7.23. The summed E-state index contributed by atoms with van der Waals surface area (Å²) in [7, 11) is 0. The van der Waals surface area contributed by atoms with Crippen molar-refractivity contribution in [2.45, 2.75) is 31.5 Å². The Balaban J connectivity index is 1.86. The third-order valence-electron chi connectivity index (χ3n) is 3.99. The molecule has 122 valence electrons. The van der Waals surface area contributed by atoms with Gasteiger partial charge >= 0.3 is 0 Å². The van der Waals surface area contributed by atoms with Crippen molar-refractivity contribution >= 4 is 16.7 Å². The van der Waals surface area contributed by atoms with Crippen LogP contribution in [0.5, 0.6) is 0 Å². The molecule has 1 aromatic carbocycles. The second-order valence-electron chi connectivity index (χ2n) is 5.59. The van der Waals surface area contributed by atoms with Crippen LogP contribution in [0.15, 0.2) is 23.3 Å². The van der Waals surface area contributed by atoms with E-state index in [9.17, 15) is 23.5 Å². The molecule has 2 unspecified atom stereocenters. The fraction of sp³-hybridized carbons (Fsp3) is 0.400. The predicted octanol–water partition coefficient (Wildman–Crippen LogP) is 0.357. The Labute approximate surface area is 129 Å². The van der Waals surface area contributed by atoms with Crippen molar-refractivity contribution in [2.24, 2.45) is 0 Å². The van der Waals surface area contributed by atoms with Crippen LogP contribution < -0.4 is 10.9 Å². The van der Waals surface area contributed by atoms with Crippen LogP contribution in [0.4, 0.5) is 8.78 Å². The normalized spacial score (nSPS) is 21.0. The van der Waals surface area contributed by atoms with Gasteiger partial charge in [-0.1, -0.05) is 0 Å². The van der Waals surface area contributed by atoms with Gasteiger partial charge in [0, 0.05) is 12.5 Å². The minimum Gasteiger partial charge on any atom is -0.391 e. The van der Waals surface area contributed by atoms with E-state index >= 15 is 0 Å². The summed E-state index contributed by atoms with van der Waals surface area (Å²) in [4.78, 5) is 28.2. The summed E-state index contributed by atoms with van der Waals surface area (Å²) in [5.41, 5.74) is -0.772. The monoisotopic (exact) mass is 323 g/mol. The predicted molar refractivity (Wildman–Crippen MR) is 78.0 cm³/mol. The Morgan fingerprint density at radius 3 is 2.91 bits per heavy atom. The number of aliphatic hydroxyl groups excluding tert-OH is 1. The van der Waals surface area contributed by atoms with Crippen LogP contribution in [-0.2, 0) is 11.3 Å². The molecule has 0 radical (unpaired) electrons. The lowest BCUT2D eigenvalue weighted by atomic mass is 10.1. The number of carbonyl (C=O) groups is 1. The summed E-state index contributed by atoms with van der Waals surface area (Å²) in [5, 5.41) is 12.2. The van der Waals surface area contributed by atoms with Gasteiger partial charge in [0.15, 0.2) is 17.4 Å². The van der Waals surface area contributed by atoms with Gasteiger partial charge in [-0.2, -0.15) is 0 Å². The molecule has 3 rings (SSSR count). The number of halogens is 2. The first-order valence-electron chi connectivity index (χ1n) is 7.23. The van der Waals surface area contributed by atoms with E-state index < -0.39 is 28.7 Å². The quantitative estimate of drug-likeness (QED) is 0.848. The van der Waals surface area contributed by atoms with Gasteiger partial charge in [-0.3, -0.25) is 14.2 Å². The van der Waals surface area contributed by atoms with Crippen LogP contribution in [0.2, 0.25) is 0 Å². The lowest BCUT2D eigenvalue weighted by Crippen LogP contribution is -2.35. The molecule has 8 heteroatoms. The molecule has 0 spiro atoms. The van der Waals surface area contributed by atoms with E-state index in [1.54, 1.807) is 0 Å². The summed E-state index contributed by atoms with van der Waals surface area (Å²) < 4.78 is 28.0. The van der Waals surface area contributed by atoms with Crippen molar-refractivity contribution in [1.29, 1.82) is 0 Å². The highest BCUT2D eigenvalue weighted by Crippen LogP contribution is 2.15. The summed E-state index contributed by atoms with van der Waals surface area (Å²) in [6.45, 7) is 0.323. The number of aromatic nitrogens is 2. The number of aliphatic hydroxyl groups is 1. The van der Waals surface area contributed by atoms with Gasteiger partial charge in [0.25, 0.3) is 5.56 Å². The standard InChI is InChI=1S/C15H15F2N3O3/c16-9-1-2-10-13(14(9)17)15(23)20(7-19-10)6-8(21)5-11-12(22)3-4-18-11/h1-2,7,11-12,18,22H,3-6H2. The lowest BCUT2D eigenvalue weighted by Gasteiger charge is -2.14. The highest BCUT2D eigenvalue weighted by molar-refractivity contribution is 5.81. The molecule has 1 aromatic heterocycles. The zero-order chi connectivity index (χ0) is 16.6. The number of ketones is 1. The zero-order valence-electron chi connectivity index (χ0n) is 12.1. The van der Waals surface area contributed by atoms with E-state index in [0.717, 1.165) is 17.0 Å². The Bertz CT molecular complexity index is 821. The molecule has 0 bridgehead atoms. The van der Waals surface area contributed by atoms with Crippen molar-refractivity contribution < 1.29 is 18.7 Å². The van der Waals surface area contributed by atoms with Crippen LogP contribution in [0.3, 0.4) is 0 Å². The zero-order valence-corrected chi connectivity index (χ0v) is 12.1. The summed E-state index contributed by atoms with van der Waals surface area (Å²) in [5.74, 6) is -2.71. The van der Waals surface area contributed by atoms with Crippen LogP contribution in [0, 0.1) is 11.6 Å². The Morgan fingerprint density at radius 1 is 1.43 bits per heavy atom. The summed E-state index contributed by atoms with van der Waals surface area (Å²) in [6.07, 6.45) is 1.16. The maximum atomic E-state index is 13.8. The largest absolute Gasteiger partial charge is 0.391 e. The molecule has 1 saturated heterocycles. The lowest BCUT2D eigenvalue weighted by molar-refractivity contribution is -0.120. The van der Waals surface area contributed by atoms with E-state index in [1.165, 1.54) is 6.07 Å². The number of hydrogen-bond donors (Lipinski definition) is 2. The third-order valence-corrected chi connectivity index (χ3v) is 3.99.